The molecule has 0 spiro atoms. The van der Waals surface area contributed by atoms with E-state index in [1.54, 1.807) is 0 Å². The van der Waals surface area contributed by atoms with Gasteiger partial charge in [0.2, 0.25) is 11.8 Å². The van der Waals surface area contributed by atoms with E-state index in [0.717, 1.165) is 10.6 Å². The second-order valence-electron chi connectivity index (χ2n) is 5.51. The van der Waals surface area contributed by atoms with E-state index in [-0.39, 0.29) is 12.3 Å². The molecule has 0 saturated carbocycles. The van der Waals surface area contributed by atoms with Gasteiger partial charge in [0, 0.05) is 10.6 Å². The molecule has 0 saturated heterocycles. The van der Waals surface area contributed by atoms with E-state index < -0.39 is 17.4 Å². The van der Waals surface area contributed by atoms with Gasteiger partial charge in [-0.1, -0.05) is 20.8 Å². The van der Waals surface area contributed by atoms with Crippen LogP contribution in [0.3, 0.4) is 0 Å². The molecule has 1 aromatic rings. The summed E-state index contributed by atoms with van der Waals surface area (Å²) in [6.07, 6.45) is 0.198. The third-order valence-corrected chi connectivity index (χ3v) is 4.04. The quantitative estimate of drug-likeness (QED) is 0.739. The second kappa shape index (κ2) is 5.83. The highest BCUT2D eigenvalue weighted by Crippen LogP contribution is 2.20. The molecule has 19 heavy (non-hydrogen) atoms. The minimum absolute atomic E-state index is 0.198. The first-order chi connectivity index (χ1) is 8.61. The third kappa shape index (κ3) is 4.43. The van der Waals surface area contributed by atoms with Crippen LogP contribution in [0, 0.1) is 16.3 Å². The molecular formula is C12H19N3O2S2. The standard InChI is InChI=1S/C12H19N3O2S2/c1-6-7(19-11(18)14-6)5-8(16)15-9(10(13)17)12(2,3)4/h9H,5H2,1-4H3,(H2,13,17)(H,14,18)(H,15,16)/t9-/m1/s1. The Balaban J connectivity index is 2.77. The molecule has 0 aromatic carbocycles. The van der Waals surface area contributed by atoms with Crippen molar-refractivity contribution in [3.05, 3.63) is 14.5 Å². The van der Waals surface area contributed by atoms with Crippen molar-refractivity contribution in [1.29, 1.82) is 0 Å². The highest BCUT2D eigenvalue weighted by Gasteiger charge is 2.31. The number of amides is 2. The van der Waals surface area contributed by atoms with Crippen LogP contribution in [0.25, 0.3) is 0 Å². The molecule has 0 aliphatic rings. The van der Waals surface area contributed by atoms with Gasteiger partial charge >= 0.3 is 0 Å². The molecule has 2 amide bonds. The van der Waals surface area contributed by atoms with Crippen LogP contribution >= 0.6 is 23.6 Å². The largest absolute Gasteiger partial charge is 0.368 e. The molecule has 0 unspecified atom stereocenters. The van der Waals surface area contributed by atoms with Crippen LogP contribution in [0.4, 0.5) is 0 Å². The number of primary amides is 1. The summed E-state index contributed by atoms with van der Waals surface area (Å²) in [5, 5.41) is 2.69. The molecule has 5 nitrogen and oxygen atoms in total. The van der Waals surface area contributed by atoms with Crippen LogP contribution in [0.15, 0.2) is 0 Å². The molecule has 0 aliphatic carbocycles. The fourth-order valence-electron chi connectivity index (χ4n) is 1.68. The summed E-state index contributed by atoms with van der Waals surface area (Å²) in [5.41, 5.74) is 5.79. The number of nitrogens with two attached hydrogens (primary N) is 1. The smallest absolute Gasteiger partial charge is 0.240 e. The monoisotopic (exact) mass is 301 g/mol. The number of H-pyrrole nitrogens is 1. The molecule has 7 heteroatoms. The van der Waals surface area contributed by atoms with Crippen molar-refractivity contribution in [1.82, 2.24) is 10.3 Å². The van der Waals surface area contributed by atoms with Crippen LogP contribution < -0.4 is 11.1 Å². The van der Waals surface area contributed by atoms with Crippen LogP contribution in [0.2, 0.25) is 0 Å². The number of rotatable bonds is 4. The third-order valence-electron chi connectivity index (χ3n) is 2.70. The van der Waals surface area contributed by atoms with Gasteiger partial charge in [0.05, 0.1) is 6.42 Å². The molecule has 1 heterocycles. The summed E-state index contributed by atoms with van der Waals surface area (Å²) in [6.45, 7) is 7.43. The Morgan fingerprint density at radius 3 is 2.42 bits per heavy atom. The predicted octanol–water partition coefficient (Wildman–Crippen LogP) is 1.67. The zero-order valence-corrected chi connectivity index (χ0v) is 13.1. The van der Waals surface area contributed by atoms with Gasteiger partial charge in [-0.05, 0) is 24.6 Å². The second-order valence-corrected chi connectivity index (χ2v) is 7.28. The summed E-state index contributed by atoms with van der Waals surface area (Å²) >= 11 is 6.39. The lowest BCUT2D eigenvalue weighted by molar-refractivity contribution is -0.129. The molecule has 1 rings (SSSR count). The summed E-state index contributed by atoms with van der Waals surface area (Å²) in [5.74, 6) is -0.758. The molecule has 106 valence electrons. The average molecular weight is 301 g/mol. The van der Waals surface area contributed by atoms with Crippen LogP contribution in [-0.4, -0.2) is 22.8 Å². The molecule has 0 radical (unpaired) electrons. The molecule has 0 fully saturated rings. The Bertz CT molecular complexity index is 540. The van der Waals surface area contributed by atoms with Crippen molar-refractivity contribution >= 4 is 35.4 Å². The summed E-state index contributed by atoms with van der Waals surface area (Å²) in [6, 6.07) is -0.688. The maximum absolute atomic E-state index is 12.0. The van der Waals surface area contributed by atoms with Gasteiger partial charge in [-0.3, -0.25) is 9.59 Å². The normalized spacial score (nSPS) is 13.1. The number of aromatic amines is 1. The fourth-order valence-corrected chi connectivity index (χ4v) is 2.97. The number of aryl methyl sites for hydroxylation is 1. The minimum Gasteiger partial charge on any atom is -0.368 e. The lowest BCUT2D eigenvalue weighted by atomic mass is 9.86. The fraction of sp³-hybridized carbons (Fsp3) is 0.583. The van der Waals surface area contributed by atoms with Crippen molar-refractivity contribution in [2.45, 2.75) is 40.2 Å². The Kier molecular flexibility index (Phi) is 4.86. The van der Waals surface area contributed by atoms with Crippen molar-refractivity contribution in [3.63, 3.8) is 0 Å². The van der Waals surface area contributed by atoms with E-state index in [4.69, 9.17) is 18.0 Å². The SMILES string of the molecule is Cc1[nH]c(=S)sc1CC(=O)N[C@H](C(N)=O)C(C)(C)C. The first-order valence-corrected chi connectivity index (χ1v) is 7.11. The van der Waals surface area contributed by atoms with Crippen LogP contribution in [-0.2, 0) is 16.0 Å². The Hall–Kier alpha value is -1.21. The Labute approximate surface area is 121 Å². The van der Waals surface area contributed by atoms with E-state index in [9.17, 15) is 9.59 Å². The average Bonchev–Trinajstić information content (AvgIpc) is 2.52. The summed E-state index contributed by atoms with van der Waals surface area (Å²) < 4.78 is 0.641. The lowest BCUT2D eigenvalue weighted by Gasteiger charge is -2.28. The van der Waals surface area contributed by atoms with Crippen molar-refractivity contribution in [3.8, 4) is 0 Å². The maximum atomic E-state index is 12.0. The van der Waals surface area contributed by atoms with Crippen molar-refractivity contribution < 1.29 is 9.59 Å². The number of thiazole rings is 1. The number of aromatic nitrogens is 1. The topological polar surface area (TPSA) is 88.0 Å². The highest BCUT2D eigenvalue weighted by atomic mass is 32.1. The minimum atomic E-state index is -0.688. The van der Waals surface area contributed by atoms with Gasteiger partial charge < -0.3 is 16.0 Å². The van der Waals surface area contributed by atoms with Crippen LogP contribution in [0.5, 0.6) is 0 Å². The van der Waals surface area contributed by atoms with E-state index in [1.165, 1.54) is 11.3 Å². The van der Waals surface area contributed by atoms with Gasteiger partial charge in [0.1, 0.15) is 6.04 Å². The first-order valence-electron chi connectivity index (χ1n) is 5.88. The van der Waals surface area contributed by atoms with Gasteiger partial charge in [0.25, 0.3) is 0 Å². The Morgan fingerprint density at radius 2 is 2.05 bits per heavy atom. The zero-order valence-electron chi connectivity index (χ0n) is 11.5. The van der Waals surface area contributed by atoms with Crippen molar-refractivity contribution in [2.24, 2.45) is 11.1 Å². The number of carbonyl (C=O) groups is 2. The molecular weight excluding hydrogens is 282 g/mol. The van der Waals surface area contributed by atoms with Crippen LogP contribution in [0.1, 0.15) is 31.3 Å². The lowest BCUT2D eigenvalue weighted by Crippen LogP contribution is -2.52. The maximum Gasteiger partial charge on any atom is 0.240 e. The van der Waals surface area contributed by atoms with E-state index in [2.05, 4.69) is 10.3 Å². The Morgan fingerprint density at radius 1 is 1.47 bits per heavy atom. The first kappa shape index (κ1) is 15.8. The van der Waals surface area contributed by atoms with E-state index in [1.807, 2.05) is 27.7 Å². The number of hydrogen-bond acceptors (Lipinski definition) is 4. The number of hydrogen-bond donors (Lipinski definition) is 3. The van der Waals surface area contributed by atoms with Gasteiger partial charge in [-0.15, -0.1) is 11.3 Å². The molecule has 0 bridgehead atoms. The molecule has 4 N–H and O–H groups in total. The van der Waals surface area contributed by atoms with E-state index >= 15 is 0 Å². The summed E-state index contributed by atoms with van der Waals surface area (Å²) in [4.78, 5) is 27.2. The predicted molar refractivity (Wildman–Crippen MR) is 78.5 cm³/mol. The zero-order chi connectivity index (χ0) is 14.8. The molecule has 0 aliphatic heterocycles. The van der Waals surface area contributed by atoms with Gasteiger partial charge in [-0.2, -0.15) is 0 Å². The summed E-state index contributed by atoms with van der Waals surface area (Å²) in [7, 11) is 0. The molecule has 1 atom stereocenters. The molecule has 1 aromatic heterocycles. The van der Waals surface area contributed by atoms with Gasteiger partial charge in [-0.25, -0.2) is 0 Å². The van der Waals surface area contributed by atoms with E-state index in [0.29, 0.717) is 3.95 Å². The number of carbonyl (C=O) groups excluding carboxylic acids is 2. The van der Waals surface area contributed by atoms with Crippen molar-refractivity contribution in [2.75, 3.05) is 0 Å². The number of nitrogens with one attached hydrogen (secondary N) is 2. The van der Waals surface area contributed by atoms with Gasteiger partial charge in [0.15, 0.2) is 3.95 Å². The highest BCUT2D eigenvalue weighted by molar-refractivity contribution is 7.73.